The van der Waals surface area contributed by atoms with Crippen LogP contribution in [0.4, 0.5) is 11.4 Å². The average Bonchev–Trinajstić information content (AvgIpc) is 3.65. The molecule has 3 aromatic carbocycles. The molecule has 2 aliphatic heterocycles. The quantitative estimate of drug-likeness (QED) is 0.198. The number of hydrogen-bond donors (Lipinski definition) is 0. The van der Waals surface area contributed by atoms with E-state index >= 15 is 0 Å². The van der Waals surface area contributed by atoms with Gasteiger partial charge < -0.3 is 0 Å². The van der Waals surface area contributed by atoms with Crippen molar-refractivity contribution in [2.24, 2.45) is 5.10 Å². The van der Waals surface area contributed by atoms with Crippen LogP contribution >= 0.6 is 34.9 Å². The van der Waals surface area contributed by atoms with Crippen molar-refractivity contribution < 1.29 is 9.59 Å². The lowest BCUT2D eigenvalue weighted by Crippen LogP contribution is -2.51. The Morgan fingerprint density at radius 1 is 0.838 bits per heavy atom. The summed E-state index contributed by atoms with van der Waals surface area (Å²) in [4.78, 5) is 30.5. The van der Waals surface area contributed by atoms with Gasteiger partial charge >= 0.3 is 0 Å². The summed E-state index contributed by atoms with van der Waals surface area (Å²) in [5, 5.41) is 8.88. The van der Waals surface area contributed by atoms with Crippen LogP contribution in [0.1, 0.15) is 20.8 Å². The number of hydrogen-bond acceptors (Lipinski definition) is 7. The van der Waals surface area contributed by atoms with E-state index in [1.807, 2.05) is 114 Å². The first-order valence-electron chi connectivity index (χ1n) is 11.6. The highest BCUT2D eigenvalue weighted by atomic mass is 32.2. The molecule has 1 fully saturated rings. The number of amides is 1. The number of rotatable bonds is 5. The van der Waals surface area contributed by atoms with Crippen LogP contribution in [0.25, 0.3) is 6.08 Å². The van der Waals surface area contributed by atoms with Crippen LogP contribution in [-0.2, 0) is 4.79 Å². The van der Waals surface area contributed by atoms with Crippen LogP contribution in [-0.4, -0.2) is 21.1 Å². The molecular formula is C29H21N3O2S3. The molecular weight excluding hydrogens is 519 g/mol. The molecule has 0 bridgehead atoms. The smallest absolute Gasteiger partial charge is 0.268 e. The van der Waals surface area contributed by atoms with E-state index in [1.54, 1.807) is 11.0 Å². The normalized spacial score (nSPS) is 20.2. The first-order valence-corrected chi connectivity index (χ1v) is 14.1. The number of hydrazone groups is 1. The first kappa shape index (κ1) is 23.8. The van der Waals surface area contributed by atoms with Gasteiger partial charge in [-0.1, -0.05) is 84.1 Å². The van der Waals surface area contributed by atoms with Crippen LogP contribution < -0.4 is 9.91 Å². The Morgan fingerprint density at radius 3 is 2.16 bits per heavy atom. The van der Waals surface area contributed by atoms with E-state index in [0.717, 1.165) is 22.5 Å². The molecule has 37 heavy (non-hydrogen) atoms. The van der Waals surface area contributed by atoms with Crippen molar-refractivity contribution in [2.75, 3.05) is 9.91 Å². The van der Waals surface area contributed by atoms with E-state index in [4.69, 9.17) is 5.10 Å². The van der Waals surface area contributed by atoms with Crippen LogP contribution in [0.3, 0.4) is 0 Å². The van der Waals surface area contributed by atoms with Crippen LogP contribution in [0.2, 0.25) is 0 Å². The number of benzene rings is 3. The van der Waals surface area contributed by atoms with Gasteiger partial charge in [-0.25, -0.2) is 5.01 Å². The maximum absolute atomic E-state index is 14.1. The average molecular weight is 540 g/mol. The van der Waals surface area contributed by atoms with Crippen LogP contribution in [0.15, 0.2) is 112 Å². The number of nitrogens with zero attached hydrogens (tertiary/aromatic N) is 3. The Morgan fingerprint density at radius 2 is 1.51 bits per heavy atom. The molecule has 4 aromatic rings. The lowest BCUT2D eigenvalue weighted by molar-refractivity contribution is -0.114. The fraction of sp³-hybridized carbons (Fsp3) is 0.0690. The number of aryl methyl sites for hydroxylation is 1. The lowest BCUT2D eigenvalue weighted by Gasteiger charge is -2.38. The first-order chi connectivity index (χ1) is 18.0. The predicted molar refractivity (Wildman–Crippen MR) is 156 cm³/mol. The summed E-state index contributed by atoms with van der Waals surface area (Å²) in [6.45, 7) is 2.04. The van der Waals surface area contributed by atoms with Gasteiger partial charge in [-0.15, -0.1) is 11.3 Å². The van der Waals surface area contributed by atoms with Crippen molar-refractivity contribution in [1.29, 1.82) is 0 Å². The van der Waals surface area contributed by atoms with Gasteiger partial charge in [-0.05, 0) is 66.0 Å². The molecule has 2 aliphatic rings. The topological polar surface area (TPSA) is 53.0 Å². The third-order valence-electron chi connectivity index (χ3n) is 5.96. The summed E-state index contributed by atoms with van der Waals surface area (Å²) < 4.78 is -1.04. The largest absolute Gasteiger partial charge is 0.285 e. The molecule has 0 unspecified atom stereocenters. The zero-order chi connectivity index (χ0) is 25.4. The van der Waals surface area contributed by atoms with Crippen molar-refractivity contribution >= 4 is 69.0 Å². The fourth-order valence-corrected chi connectivity index (χ4v) is 7.84. The van der Waals surface area contributed by atoms with Gasteiger partial charge in [0, 0.05) is 5.69 Å². The van der Waals surface area contributed by atoms with Gasteiger partial charge in [0.25, 0.3) is 5.91 Å². The van der Waals surface area contributed by atoms with Crippen LogP contribution in [0.5, 0.6) is 0 Å². The number of para-hydroxylation sites is 2. The summed E-state index contributed by atoms with van der Waals surface area (Å²) in [5.41, 5.74) is 3.63. The van der Waals surface area contributed by atoms with Gasteiger partial charge in [-0.3, -0.25) is 14.5 Å². The molecule has 1 saturated heterocycles. The monoisotopic (exact) mass is 539 g/mol. The molecule has 0 aliphatic carbocycles. The molecule has 1 spiro atoms. The van der Waals surface area contributed by atoms with Crippen molar-refractivity contribution in [2.45, 2.75) is 11.3 Å². The number of thioether (sulfide) groups is 2. The van der Waals surface area contributed by atoms with E-state index in [0.29, 0.717) is 14.8 Å². The number of anilines is 2. The minimum Gasteiger partial charge on any atom is -0.285 e. The summed E-state index contributed by atoms with van der Waals surface area (Å²) in [5.74, 6) is -0.278. The Kier molecular flexibility index (Phi) is 6.24. The Bertz CT molecular complexity index is 1520. The van der Waals surface area contributed by atoms with E-state index in [1.165, 1.54) is 34.9 Å². The standard InChI is InChI=1S/C29H21N3O2S3/c1-20-14-16-21(17-15-20)19-25-28(34)31(22-9-4-2-5-10-22)29(36-25)32(23-11-6-3-7-12-23)30-27(37-29)26(33)24-13-8-18-35-24/h2-19H,1H3/b25-19+/t29-/m0/s1. The molecule has 3 heterocycles. The molecule has 8 heteroatoms. The van der Waals surface area contributed by atoms with Gasteiger partial charge in [0.15, 0.2) is 5.04 Å². The second-order valence-electron chi connectivity index (χ2n) is 8.51. The third-order valence-corrected chi connectivity index (χ3v) is 9.54. The molecule has 0 N–H and O–H groups in total. The lowest BCUT2D eigenvalue weighted by atomic mass is 10.1. The maximum Gasteiger partial charge on any atom is 0.268 e. The molecule has 182 valence electrons. The second-order valence-corrected chi connectivity index (χ2v) is 12.1. The molecule has 0 saturated carbocycles. The molecule has 0 radical (unpaired) electrons. The van der Waals surface area contributed by atoms with E-state index < -0.39 is 4.33 Å². The van der Waals surface area contributed by atoms with Crippen molar-refractivity contribution in [3.05, 3.63) is 123 Å². The number of thiophene rings is 1. The zero-order valence-corrected chi connectivity index (χ0v) is 22.2. The fourth-order valence-electron chi connectivity index (χ4n) is 4.18. The highest BCUT2D eigenvalue weighted by Crippen LogP contribution is 2.59. The molecule has 1 aromatic heterocycles. The van der Waals surface area contributed by atoms with Crippen molar-refractivity contribution in [1.82, 2.24) is 0 Å². The summed E-state index contributed by atoms with van der Waals surface area (Å²) in [7, 11) is 0. The third kappa shape index (κ3) is 4.31. The Labute approximate surface area is 227 Å². The molecule has 6 rings (SSSR count). The summed E-state index contributed by atoms with van der Waals surface area (Å²) in [6, 6.07) is 31.0. The number of ketones is 1. The van der Waals surface area contributed by atoms with Crippen LogP contribution in [0, 0.1) is 6.92 Å². The van der Waals surface area contributed by atoms with Gasteiger partial charge in [0.1, 0.15) is 0 Å². The predicted octanol–water partition coefficient (Wildman–Crippen LogP) is 7.24. The number of carbonyl (C=O) groups is 2. The minimum atomic E-state index is -1.04. The molecule has 5 nitrogen and oxygen atoms in total. The molecule has 1 atom stereocenters. The Hall–Kier alpha value is -3.59. The highest BCUT2D eigenvalue weighted by molar-refractivity contribution is 8.29. The van der Waals surface area contributed by atoms with E-state index in [-0.39, 0.29) is 11.7 Å². The molecule has 1 amide bonds. The van der Waals surface area contributed by atoms with E-state index in [2.05, 4.69) is 0 Å². The summed E-state index contributed by atoms with van der Waals surface area (Å²) >= 11 is 4.11. The minimum absolute atomic E-state index is 0.134. The van der Waals surface area contributed by atoms with Crippen molar-refractivity contribution in [3.8, 4) is 0 Å². The van der Waals surface area contributed by atoms with Crippen molar-refractivity contribution in [3.63, 3.8) is 0 Å². The number of carbonyl (C=O) groups excluding carboxylic acids is 2. The van der Waals surface area contributed by atoms with E-state index in [9.17, 15) is 9.59 Å². The highest BCUT2D eigenvalue weighted by Gasteiger charge is 2.60. The SMILES string of the molecule is Cc1ccc(/C=C2/S[C@]3(SC(C(=O)c4cccs4)=NN3c3ccccc3)N(c3ccccc3)C2=O)cc1. The van der Waals surface area contributed by atoms with Gasteiger partial charge in [-0.2, -0.15) is 5.10 Å². The maximum atomic E-state index is 14.1. The second kappa shape index (κ2) is 9.70. The Balaban J connectivity index is 1.51. The van der Waals surface area contributed by atoms with Gasteiger partial charge in [0.2, 0.25) is 10.1 Å². The zero-order valence-electron chi connectivity index (χ0n) is 19.8. The summed E-state index contributed by atoms with van der Waals surface area (Å²) in [6.07, 6.45) is 1.92. The number of Topliss-reactive ketones (excluding diaryl/α,β-unsaturated/α-hetero) is 1. The van der Waals surface area contributed by atoms with Gasteiger partial charge in [0.05, 0.1) is 15.5 Å².